The first kappa shape index (κ1) is 19.2. The van der Waals surface area contributed by atoms with Gasteiger partial charge >= 0.3 is 0 Å². The third-order valence-electron chi connectivity index (χ3n) is 5.50. The quantitative estimate of drug-likeness (QED) is 0.469. The summed E-state index contributed by atoms with van der Waals surface area (Å²) in [5.74, 6) is 0.247. The molecule has 2 unspecified atom stereocenters. The molecule has 2 heterocycles. The Bertz CT molecular complexity index is 1070. The van der Waals surface area contributed by atoms with Crippen LogP contribution in [0.1, 0.15) is 29.8 Å². The predicted octanol–water partition coefficient (Wildman–Crippen LogP) is 2.74. The average Bonchev–Trinajstić information content (AvgIpc) is 3.11. The largest absolute Gasteiger partial charge is 0.595 e. The number of hydrogen-bond acceptors (Lipinski definition) is 4. The molecule has 4 rings (SSSR count). The average molecular weight is 393 g/mol. The second-order valence-electron chi connectivity index (χ2n) is 7.09. The number of benzene rings is 2. The minimum atomic E-state index is -1.04. The first-order valence-corrected chi connectivity index (χ1v) is 9.49. The Morgan fingerprint density at radius 1 is 1.31 bits per heavy atom. The summed E-state index contributed by atoms with van der Waals surface area (Å²) in [4.78, 5) is 17.9. The third kappa shape index (κ3) is 3.40. The second kappa shape index (κ2) is 7.71. The molecular formula is C22H23N3O4. The normalized spacial score (nSPS) is 17.5. The van der Waals surface area contributed by atoms with Crippen molar-refractivity contribution in [2.75, 3.05) is 13.7 Å². The van der Waals surface area contributed by atoms with Gasteiger partial charge in [-0.3, -0.25) is 4.79 Å². The van der Waals surface area contributed by atoms with E-state index in [1.54, 1.807) is 17.0 Å². The van der Waals surface area contributed by atoms with E-state index in [-0.39, 0.29) is 17.6 Å². The summed E-state index contributed by atoms with van der Waals surface area (Å²) in [6, 6.07) is 13.1. The maximum absolute atomic E-state index is 12.8. The van der Waals surface area contributed by atoms with Crippen molar-refractivity contribution < 1.29 is 20.0 Å². The van der Waals surface area contributed by atoms with Gasteiger partial charge in [0.15, 0.2) is 5.75 Å². The van der Waals surface area contributed by atoms with E-state index in [9.17, 15) is 15.2 Å². The lowest BCUT2D eigenvalue weighted by Gasteiger charge is -2.32. The molecule has 0 spiro atoms. The number of amides is 1. The number of ether oxygens (including phenoxy) is 1. The third-order valence-corrected chi connectivity index (χ3v) is 5.50. The standard InChI is InChI=1S/C22H23N3O4/c1-14-20-17(16-9-10-18(29-2)22(25(27)28)21(16)23-20)12-13-24(14)19(26)11-8-15-6-4-3-5-7-15/h3-11,14,23,25,27H,12-13H2,1-2H3/b11-8+. The molecule has 0 saturated carbocycles. The van der Waals surface area contributed by atoms with E-state index in [1.807, 2.05) is 49.4 Å². The number of rotatable bonds is 4. The maximum Gasteiger partial charge on any atom is 0.247 e. The van der Waals surface area contributed by atoms with E-state index >= 15 is 0 Å². The summed E-state index contributed by atoms with van der Waals surface area (Å²) in [6.07, 6.45) is 4.06. The topological polar surface area (TPSA) is 93.1 Å². The second-order valence-corrected chi connectivity index (χ2v) is 7.09. The van der Waals surface area contributed by atoms with Crippen molar-refractivity contribution in [1.29, 1.82) is 0 Å². The van der Waals surface area contributed by atoms with Gasteiger partial charge in [-0.05, 0) is 42.7 Å². The van der Waals surface area contributed by atoms with Gasteiger partial charge in [0.25, 0.3) is 0 Å². The molecular weight excluding hydrogens is 370 g/mol. The molecule has 150 valence electrons. The summed E-state index contributed by atoms with van der Waals surface area (Å²) in [7, 11) is 1.46. The molecule has 2 atom stereocenters. The summed E-state index contributed by atoms with van der Waals surface area (Å²) in [5.41, 5.74) is 3.57. The number of methoxy groups -OCH3 is 1. The van der Waals surface area contributed by atoms with Crippen LogP contribution in [0.2, 0.25) is 0 Å². The van der Waals surface area contributed by atoms with Crippen molar-refractivity contribution in [2.45, 2.75) is 19.4 Å². The van der Waals surface area contributed by atoms with Crippen molar-refractivity contribution in [2.24, 2.45) is 0 Å². The van der Waals surface area contributed by atoms with Gasteiger partial charge in [-0.25, -0.2) is 5.21 Å². The van der Waals surface area contributed by atoms with Crippen molar-refractivity contribution in [3.05, 3.63) is 70.6 Å². The van der Waals surface area contributed by atoms with Crippen LogP contribution in [-0.2, 0) is 11.2 Å². The maximum atomic E-state index is 12.8. The van der Waals surface area contributed by atoms with Crippen LogP contribution in [0.25, 0.3) is 17.0 Å². The van der Waals surface area contributed by atoms with Crippen LogP contribution in [-0.4, -0.2) is 34.7 Å². The summed E-state index contributed by atoms with van der Waals surface area (Å²) in [5, 5.41) is 21.3. The van der Waals surface area contributed by atoms with Crippen LogP contribution >= 0.6 is 0 Å². The fourth-order valence-corrected chi connectivity index (χ4v) is 4.04. The molecule has 2 aromatic carbocycles. The van der Waals surface area contributed by atoms with Crippen molar-refractivity contribution in [3.8, 4) is 5.75 Å². The lowest BCUT2D eigenvalue weighted by atomic mass is 9.98. The number of quaternary nitrogens is 1. The van der Waals surface area contributed by atoms with Crippen molar-refractivity contribution in [3.63, 3.8) is 0 Å². The zero-order valence-corrected chi connectivity index (χ0v) is 16.3. The van der Waals surface area contributed by atoms with Crippen LogP contribution in [0.3, 0.4) is 0 Å². The van der Waals surface area contributed by atoms with E-state index in [0.717, 1.165) is 22.2 Å². The number of carbonyl (C=O) groups excluding carboxylic acids is 1. The number of aromatic amines is 1. The number of H-pyrrole nitrogens is 1. The minimum absolute atomic E-state index is 0.0679. The summed E-state index contributed by atoms with van der Waals surface area (Å²) < 4.78 is 5.23. The zero-order chi connectivity index (χ0) is 20.5. The van der Waals surface area contributed by atoms with Gasteiger partial charge in [0.2, 0.25) is 11.6 Å². The van der Waals surface area contributed by atoms with Crippen LogP contribution in [0, 0.1) is 5.21 Å². The van der Waals surface area contributed by atoms with Gasteiger partial charge in [-0.2, -0.15) is 5.23 Å². The Balaban J connectivity index is 1.68. The van der Waals surface area contributed by atoms with Gasteiger partial charge in [-0.15, -0.1) is 0 Å². The molecule has 7 nitrogen and oxygen atoms in total. The Hall–Kier alpha value is -3.13. The zero-order valence-electron chi connectivity index (χ0n) is 16.3. The minimum Gasteiger partial charge on any atom is -0.595 e. The first-order valence-electron chi connectivity index (χ1n) is 9.49. The van der Waals surface area contributed by atoms with E-state index in [1.165, 1.54) is 7.11 Å². The number of hydrogen-bond donors (Lipinski definition) is 3. The molecule has 0 bridgehead atoms. The van der Waals surface area contributed by atoms with E-state index in [2.05, 4.69) is 4.98 Å². The van der Waals surface area contributed by atoms with Crippen LogP contribution < -0.4 is 9.96 Å². The van der Waals surface area contributed by atoms with Gasteiger partial charge in [-0.1, -0.05) is 30.3 Å². The lowest BCUT2D eigenvalue weighted by Crippen LogP contribution is -2.99. The molecule has 1 aromatic heterocycles. The van der Waals surface area contributed by atoms with Gasteiger partial charge in [0.05, 0.1) is 13.2 Å². The van der Waals surface area contributed by atoms with Crippen LogP contribution in [0.5, 0.6) is 5.75 Å². The Morgan fingerprint density at radius 2 is 2.07 bits per heavy atom. The van der Waals surface area contributed by atoms with E-state index < -0.39 is 5.23 Å². The van der Waals surface area contributed by atoms with Gasteiger partial charge in [0, 0.05) is 23.7 Å². The molecule has 0 radical (unpaired) electrons. The molecule has 3 aromatic rings. The Kier molecular flexibility index (Phi) is 5.10. The molecule has 7 heteroatoms. The SMILES string of the molecule is COc1ccc2c3c([nH]c2c1[NH+]([O-])O)C(C)N(C(=O)/C=C/c1ccccc1)CC3. The molecule has 1 aliphatic heterocycles. The fraction of sp³-hybridized carbons (Fsp3) is 0.227. The molecule has 0 saturated heterocycles. The fourth-order valence-electron chi connectivity index (χ4n) is 4.04. The Morgan fingerprint density at radius 3 is 2.76 bits per heavy atom. The number of fused-ring (bicyclic) bond motifs is 3. The highest BCUT2D eigenvalue weighted by Crippen LogP contribution is 2.39. The number of nitrogens with zero attached hydrogens (tertiary/aromatic N) is 1. The number of carbonyl (C=O) groups is 1. The summed E-state index contributed by atoms with van der Waals surface area (Å²) in [6.45, 7) is 2.53. The molecule has 1 amide bonds. The molecule has 3 N–H and O–H groups in total. The van der Waals surface area contributed by atoms with Crippen LogP contribution in [0.15, 0.2) is 48.5 Å². The van der Waals surface area contributed by atoms with Crippen molar-refractivity contribution in [1.82, 2.24) is 9.88 Å². The first-order chi connectivity index (χ1) is 14.0. The Labute approximate surface area is 168 Å². The molecule has 29 heavy (non-hydrogen) atoms. The molecule has 1 aliphatic rings. The highest BCUT2D eigenvalue weighted by Gasteiger charge is 2.31. The predicted molar refractivity (Wildman–Crippen MR) is 110 cm³/mol. The smallest absolute Gasteiger partial charge is 0.247 e. The summed E-state index contributed by atoms with van der Waals surface area (Å²) >= 11 is 0. The highest BCUT2D eigenvalue weighted by molar-refractivity contribution is 5.96. The monoisotopic (exact) mass is 393 g/mol. The molecule has 0 aliphatic carbocycles. The van der Waals surface area contributed by atoms with E-state index in [4.69, 9.17) is 4.74 Å². The number of aromatic nitrogens is 1. The number of nitrogens with one attached hydrogen (secondary N) is 2. The van der Waals surface area contributed by atoms with E-state index in [0.29, 0.717) is 24.2 Å². The van der Waals surface area contributed by atoms with Crippen molar-refractivity contribution >= 4 is 28.6 Å². The lowest BCUT2D eigenvalue weighted by molar-refractivity contribution is -0.990. The highest BCUT2D eigenvalue weighted by atomic mass is 16.8. The van der Waals surface area contributed by atoms with Crippen LogP contribution in [0.4, 0.5) is 5.69 Å². The van der Waals surface area contributed by atoms with Gasteiger partial charge in [0.1, 0.15) is 5.52 Å². The van der Waals surface area contributed by atoms with Gasteiger partial charge < -0.3 is 19.8 Å². The molecule has 0 fully saturated rings.